The van der Waals surface area contributed by atoms with Crippen molar-refractivity contribution in [3.05, 3.63) is 60.0 Å². The highest BCUT2D eigenvalue weighted by atomic mass is 16.6. The summed E-state index contributed by atoms with van der Waals surface area (Å²) in [4.78, 5) is 9.63. The van der Waals surface area contributed by atoms with E-state index in [1.165, 1.54) is 5.57 Å². The van der Waals surface area contributed by atoms with Crippen molar-refractivity contribution in [1.82, 2.24) is 9.97 Å². The van der Waals surface area contributed by atoms with Gasteiger partial charge in [0.15, 0.2) is 5.72 Å². The number of anilines is 2. The molecule has 6 nitrogen and oxygen atoms in total. The van der Waals surface area contributed by atoms with Crippen LogP contribution in [0.25, 0.3) is 11.3 Å². The normalized spacial score (nSPS) is 22.8. The van der Waals surface area contributed by atoms with Crippen molar-refractivity contribution >= 4 is 11.5 Å². The third-order valence-electron chi connectivity index (χ3n) is 5.48. The van der Waals surface area contributed by atoms with Crippen molar-refractivity contribution in [1.29, 1.82) is 0 Å². The summed E-state index contributed by atoms with van der Waals surface area (Å²) in [6, 6.07) is 7.70. The molecule has 4 N–H and O–H groups in total. The van der Waals surface area contributed by atoms with Crippen molar-refractivity contribution in [2.75, 3.05) is 24.3 Å². The number of rotatable bonds is 8. The van der Waals surface area contributed by atoms with E-state index in [9.17, 15) is 5.11 Å². The molecule has 0 amide bonds. The molecule has 2 aliphatic rings. The van der Waals surface area contributed by atoms with Crippen LogP contribution in [0.15, 0.2) is 54.3 Å². The standard InChI is InChI=1S/C24H30N4O2/c1-16(2)11-21-23(26-13-22(27-21)19-7-9-20(25)10-8-19)28-24(15-30-24)12-17-3-5-18(14-29)6-4-17/h3-5,7-10,13,16,18,29H,6,11-12,14-15,25H2,1-2H3,(H,26,28). The molecular weight excluding hydrogens is 376 g/mol. The first kappa shape index (κ1) is 20.6. The van der Waals surface area contributed by atoms with Crippen molar-refractivity contribution in [2.24, 2.45) is 11.8 Å². The van der Waals surface area contributed by atoms with Gasteiger partial charge in [-0.1, -0.05) is 44.2 Å². The van der Waals surface area contributed by atoms with Crippen molar-refractivity contribution < 1.29 is 9.84 Å². The number of aromatic nitrogens is 2. The average molecular weight is 407 g/mol. The number of aliphatic hydroxyl groups is 1. The second-order valence-corrected chi connectivity index (χ2v) is 8.67. The first-order valence-corrected chi connectivity index (χ1v) is 10.6. The SMILES string of the molecule is CC(C)Cc1nc(-c2ccc(N)cc2)cnc1NC1(CC2=CCC(CO)C=C2)CO1. The fraction of sp³-hybridized carbons (Fsp3) is 0.417. The number of nitrogens with one attached hydrogen (secondary N) is 1. The molecule has 0 radical (unpaired) electrons. The van der Waals surface area contributed by atoms with Crippen LogP contribution in [-0.4, -0.2) is 34.0 Å². The number of nitrogens with two attached hydrogens (primary N) is 1. The molecule has 1 saturated heterocycles. The number of allylic oxidation sites excluding steroid dienone is 2. The van der Waals surface area contributed by atoms with Gasteiger partial charge in [0, 0.05) is 30.2 Å². The zero-order chi connectivity index (χ0) is 21.1. The van der Waals surface area contributed by atoms with Gasteiger partial charge in [-0.25, -0.2) is 9.97 Å². The van der Waals surface area contributed by atoms with Gasteiger partial charge in [-0.3, -0.25) is 0 Å². The Morgan fingerprint density at radius 1 is 1.30 bits per heavy atom. The second-order valence-electron chi connectivity index (χ2n) is 8.67. The predicted molar refractivity (Wildman–Crippen MR) is 120 cm³/mol. The van der Waals surface area contributed by atoms with Gasteiger partial charge in [-0.05, 0) is 36.5 Å². The van der Waals surface area contributed by atoms with Gasteiger partial charge in [0.1, 0.15) is 5.82 Å². The van der Waals surface area contributed by atoms with Gasteiger partial charge in [0.2, 0.25) is 0 Å². The lowest BCUT2D eigenvalue weighted by Gasteiger charge is -2.20. The molecule has 4 rings (SSSR count). The molecule has 2 aromatic rings. The zero-order valence-corrected chi connectivity index (χ0v) is 17.6. The fourth-order valence-corrected chi connectivity index (χ4v) is 3.68. The zero-order valence-electron chi connectivity index (χ0n) is 17.6. The molecule has 2 unspecified atom stereocenters. The van der Waals surface area contributed by atoms with Gasteiger partial charge in [-0.15, -0.1) is 0 Å². The number of benzene rings is 1. The highest BCUT2D eigenvalue weighted by Gasteiger charge is 2.46. The monoisotopic (exact) mass is 406 g/mol. The number of hydrogen-bond donors (Lipinski definition) is 3. The van der Waals surface area contributed by atoms with Gasteiger partial charge in [-0.2, -0.15) is 0 Å². The fourth-order valence-electron chi connectivity index (χ4n) is 3.68. The molecule has 1 aliphatic carbocycles. The summed E-state index contributed by atoms with van der Waals surface area (Å²) < 4.78 is 5.83. The minimum absolute atomic E-state index is 0.189. The Morgan fingerprint density at radius 2 is 2.07 bits per heavy atom. The van der Waals surface area contributed by atoms with Crippen LogP contribution in [0.4, 0.5) is 11.5 Å². The predicted octanol–water partition coefficient (Wildman–Crippen LogP) is 3.95. The molecular formula is C24H30N4O2. The number of hydrogen-bond acceptors (Lipinski definition) is 6. The van der Waals surface area contributed by atoms with Crippen LogP contribution in [0.5, 0.6) is 0 Å². The van der Waals surface area contributed by atoms with Gasteiger partial charge in [0.25, 0.3) is 0 Å². The summed E-state index contributed by atoms with van der Waals surface area (Å²) in [5, 5.41) is 12.8. The van der Waals surface area contributed by atoms with Crippen LogP contribution in [0.2, 0.25) is 0 Å². The lowest BCUT2D eigenvalue weighted by Crippen LogP contribution is -2.26. The molecule has 1 aromatic carbocycles. The van der Waals surface area contributed by atoms with Crippen LogP contribution in [-0.2, 0) is 11.2 Å². The van der Waals surface area contributed by atoms with Crippen molar-refractivity contribution in [3.8, 4) is 11.3 Å². The number of nitrogen functional groups attached to an aromatic ring is 1. The van der Waals surface area contributed by atoms with E-state index in [0.29, 0.717) is 12.5 Å². The van der Waals surface area contributed by atoms with Crippen LogP contribution in [0.1, 0.15) is 32.4 Å². The Hall–Kier alpha value is -2.70. The van der Waals surface area contributed by atoms with E-state index in [2.05, 4.69) is 37.4 Å². The smallest absolute Gasteiger partial charge is 0.167 e. The maximum atomic E-state index is 9.30. The average Bonchev–Trinajstić information content (AvgIpc) is 3.49. The topological polar surface area (TPSA) is 96.6 Å². The molecule has 1 fully saturated rings. The first-order valence-electron chi connectivity index (χ1n) is 10.6. The Kier molecular flexibility index (Phi) is 5.88. The van der Waals surface area contributed by atoms with Crippen LogP contribution in [0.3, 0.4) is 0 Å². The summed E-state index contributed by atoms with van der Waals surface area (Å²) in [5.41, 5.74) is 10.1. The Labute approximate surface area is 177 Å². The summed E-state index contributed by atoms with van der Waals surface area (Å²) in [6.07, 6.45) is 10.6. The van der Waals surface area contributed by atoms with E-state index in [1.54, 1.807) is 6.20 Å². The number of nitrogens with zero attached hydrogens (tertiary/aromatic N) is 2. The molecule has 1 aliphatic heterocycles. The third-order valence-corrected chi connectivity index (χ3v) is 5.48. The Balaban J connectivity index is 1.53. The molecule has 1 aromatic heterocycles. The third kappa shape index (κ3) is 4.89. The molecule has 158 valence electrons. The lowest BCUT2D eigenvalue weighted by molar-refractivity contribution is 0.252. The van der Waals surface area contributed by atoms with E-state index in [-0.39, 0.29) is 12.5 Å². The Morgan fingerprint density at radius 3 is 2.67 bits per heavy atom. The quantitative estimate of drug-likeness (QED) is 0.454. The molecule has 30 heavy (non-hydrogen) atoms. The molecule has 2 heterocycles. The molecule has 6 heteroatoms. The molecule has 2 atom stereocenters. The molecule has 0 saturated carbocycles. The van der Waals surface area contributed by atoms with Gasteiger partial charge in [0.05, 0.1) is 24.2 Å². The summed E-state index contributed by atoms with van der Waals surface area (Å²) >= 11 is 0. The van der Waals surface area contributed by atoms with Gasteiger partial charge < -0.3 is 20.9 Å². The van der Waals surface area contributed by atoms with E-state index < -0.39 is 5.72 Å². The van der Waals surface area contributed by atoms with Crippen LogP contribution >= 0.6 is 0 Å². The highest BCUT2D eigenvalue weighted by molar-refractivity contribution is 5.63. The number of ether oxygens (including phenoxy) is 1. The number of aliphatic hydroxyl groups excluding tert-OH is 1. The van der Waals surface area contributed by atoms with E-state index in [0.717, 1.165) is 47.7 Å². The molecule has 0 bridgehead atoms. The lowest BCUT2D eigenvalue weighted by atomic mass is 9.94. The van der Waals surface area contributed by atoms with Crippen LogP contribution < -0.4 is 11.1 Å². The van der Waals surface area contributed by atoms with E-state index in [4.69, 9.17) is 20.4 Å². The highest BCUT2D eigenvalue weighted by Crippen LogP contribution is 2.37. The summed E-state index contributed by atoms with van der Waals surface area (Å²) in [6.45, 7) is 5.19. The largest absolute Gasteiger partial charge is 0.399 e. The second kappa shape index (κ2) is 8.58. The Bertz CT molecular complexity index is 946. The van der Waals surface area contributed by atoms with E-state index in [1.807, 2.05) is 24.3 Å². The van der Waals surface area contributed by atoms with Crippen LogP contribution in [0, 0.1) is 11.8 Å². The van der Waals surface area contributed by atoms with Gasteiger partial charge >= 0.3 is 0 Å². The minimum Gasteiger partial charge on any atom is -0.399 e. The first-order chi connectivity index (χ1) is 14.5. The maximum absolute atomic E-state index is 9.30. The van der Waals surface area contributed by atoms with Crippen molar-refractivity contribution in [3.63, 3.8) is 0 Å². The maximum Gasteiger partial charge on any atom is 0.167 e. The molecule has 0 spiro atoms. The van der Waals surface area contributed by atoms with Crippen molar-refractivity contribution in [2.45, 2.75) is 38.8 Å². The minimum atomic E-state index is -0.425. The van der Waals surface area contributed by atoms with E-state index >= 15 is 0 Å². The summed E-state index contributed by atoms with van der Waals surface area (Å²) in [5.74, 6) is 1.47. The summed E-state index contributed by atoms with van der Waals surface area (Å²) in [7, 11) is 0. The number of epoxide rings is 1.